The van der Waals surface area contributed by atoms with Crippen LogP contribution in [0.1, 0.15) is 18.0 Å². The number of hydrogen-bond acceptors (Lipinski definition) is 4. The highest BCUT2D eigenvalue weighted by atomic mass is 16.4. The summed E-state index contributed by atoms with van der Waals surface area (Å²) in [5.41, 5.74) is 12.8. The van der Waals surface area contributed by atoms with E-state index in [1.54, 1.807) is 25.2 Å². The standard InChI is InChI=1S/C11H13N3O3/c1-14-8-4-6(7(12)5-10(13)15)2-3-9(8)17-11(14)16/h2-4,7H,5,12H2,1H3,(H2,13,15). The zero-order chi connectivity index (χ0) is 12.6. The summed E-state index contributed by atoms with van der Waals surface area (Å²) in [5.74, 6) is -0.890. The quantitative estimate of drug-likeness (QED) is 0.781. The summed E-state index contributed by atoms with van der Waals surface area (Å²) in [4.78, 5) is 22.1. The van der Waals surface area contributed by atoms with Crippen molar-refractivity contribution in [2.24, 2.45) is 18.5 Å². The van der Waals surface area contributed by atoms with E-state index in [9.17, 15) is 9.59 Å². The van der Waals surface area contributed by atoms with Crippen molar-refractivity contribution < 1.29 is 9.21 Å². The van der Waals surface area contributed by atoms with Crippen molar-refractivity contribution >= 4 is 17.0 Å². The predicted octanol–water partition coefficient (Wildman–Crippen LogP) is 0.00670. The lowest BCUT2D eigenvalue weighted by atomic mass is 10.0. The van der Waals surface area contributed by atoms with Gasteiger partial charge in [-0.15, -0.1) is 0 Å². The number of fused-ring (bicyclic) bond motifs is 1. The average Bonchev–Trinajstić information content (AvgIpc) is 2.54. The predicted molar refractivity (Wildman–Crippen MR) is 62.2 cm³/mol. The van der Waals surface area contributed by atoms with E-state index in [2.05, 4.69) is 0 Å². The van der Waals surface area contributed by atoms with Crippen LogP contribution in [-0.4, -0.2) is 10.5 Å². The van der Waals surface area contributed by atoms with Crippen molar-refractivity contribution in [3.05, 3.63) is 34.3 Å². The number of amides is 1. The third-order valence-corrected chi connectivity index (χ3v) is 2.66. The highest BCUT2D eigenvalue weighted by molar-refractivity contribution is 5.76. The number of rotatable bonds is 3. The zero-order valence-electron chi connectivity index (χ0n) is 9.34. The first-order valence-corrected chi connectivity index (χ1v) is 5.12. The molecule has 1 unspecified atom stereocenters. The topological polar surface area (TPSA) is 104 Å². The van der Waals surface area contributed by atoms with E-state index < -0.39 is 17.7 Å². The Morgan fingerprint density at radius 2 is 2.24 bits per heavy atom. The van der Waals surface area contributed by atoms with Gasteiger partial charge in [-0.25, -0.2) is 4.79 Å². The van der Waals surface area contributed by atoms with Crippen LogP contribution in [0.15, 0.2) is 27.4 Å². The van der Waals surface area contributed by atoms with Crippen LogP contribution in [0.2, 0.25) is 0 Å². The van der Waals surface area contributed by atoms with Crippen molar-refractivity contribution in [2.45, 2.75) is 12.5 Å². The third kappa shape index (κ3) is 2.07. The minimum atomic E-state index is -0.470. The summed E-state index contributed by atoms with van der Waals surface area (Å²) in [6, 6.07) is 4.64. The smallest absolute Gasteiger partial charge is 0.408 e. The van der Waals surface area contributed by atoms with Gasteiger partial charge in [-0.1, -0.05) is 6.07 Å². The molecule has 17 heavy (non-hydrogen) atoms. The van der Waals surface area contributed by atoms with Crippen LogP contribution in [0.5, 0.6) is 0 Å². The van der Waals surface area contributed by atoms with Crippen LogP contribution in [0, 0.1) is 0 Å². The molecule has 0 bridgehead atoms. The second kappa shape index (κ2) is 4.06. The Bertz CT molecular complexity index is 626. The van der Waals surface area contributed by atoms with E-state index >= 15 is 0 Å². The van der Waals surface area contributed by atoms with Crippen LogP contribution < -0.4 is 17.2 Å². The number of aryl methyl sites for hydroxylation is 1. The molecule has 0 saturated carbocycles. The van der Waals surface area contributed by atoms with E-state index in [0.29, 0.717) is 11.1 Å². The van der Waals surface area contributed by atoms with E-state index in [1.807, 2.05) is 0 Å². The maximum Gasteiger partial charge on any atom is 0.419 e. The van der Waals surface area contributed by atoms with Crippen LogP contribution >= 0.6 is 0 Å². The lowest BCUT2D eigenvalue weighted by Crippen LogP contribution is -2.20. The lowest BCUT2D eigenvalue weighted by molar-refractivity contribution is -0.118. The molecule has 1 heterocycles. The lowest BCUT2D eigenvalue weighted by Gasteiger charge is -2.09. The highest BCUT2D eigenvalue weighted by Gasteiger charge is 2.12. The number of hydrogen-bond donors (Lipinski definition) is 2. The zero-order valence-corrected chi connectivity index (χ0v) is 9.34. The summed E-state index contributed by atoms with van der Waals surface area (Å²) in [6.07, 6.45) is 0.0668. The molecule has 2 aromatic rings. The Kier molecular flexibility index (Phi) is 2.72. The molecule has 6 heteroatoms. The molecule has 90 valence electrons. The highest BCUT2D eigenvalue weighted by Crippen LogP contribution is 2.19. The first-order chi connectivity index (χ1) is 7.99. The molecule has 6 nitrogen and oxygen atoms in total. The average molecular weight is 235 g/mol. The molecule has 0 fully saturated rings. The van der Waals surface area contributed by atoms with Gasteiger partial charge < -0.3 is 15.9 Å². The van der Waals surface area contributed by atoms with Gasteiger partial charge in [0.25, 0.3) is 0 Å². The summed E-state index contributed by atoms with van der Waals surface area (Å²) in [5, 5.41) is 0. The van der Waals surface area contributed by atoms with Crippen molar-refractivity contribution in [1.82, 2.24) is 4.57 Å². The maximum absolute atomic E-state index is 11.3. The fourth-order valence-electron chi connectivity index (χ4n) is 1.71. The monoisotopic (exact) mass is 235 g/mol. The molecule has 1 aromatic carbocycles. The van der Waals surface area contributed by atoms with Gasteiger partial charge in [0, 0.05) is 19.5 Å². The Labute approximate surface area is 96.8 Å². The molecule has 0 aliphatic carbocycles. The fourth-order valence-corrected chi connectivity index (χ4v) is 1.71. The van der Waals surface area contributed by atoms with Crippen molar-refractivity contribution in [1.29, 1.82) is 0 Å². The fraction of sp³-hybridized carbons (Fsp3) is 0.273. The van der Waals surface area contributed by atoms with Crippen LogP contribution in [0.4, 0.5) is 0 Å². The molecule has 1 aromatic heterocycles. The second-order valence-corrected chi connectivity index (χ2v) is 3.93. The minimum absolute atomic E-state index is 0.0668. The van der Waals surface area contributed by atoms with E-state index in [4.69, 9.17) is 15.9 Å². The second-order valence-electron chi connectivity index (χ2n) is 3.93. The molecule has 2 rings (SSSR count). The first kappa shape index (κ1) is 11.4. The number of oxazole rings is 1. The van der Waals surface area contributed by atoms with Crippen molar-refractivity contribution in [2.75, 3.05) is 0 Å². The van der Waals surface area contributed by atoms with Crippen molar-refractivity contribution in [3.8, 4) is 0 Å². The van der Waals surface area contributed by atoms with Crippen LogP contribution in [0.3, 0.4) is 0 Å². The Balaban J connectivity index is 2.46. The van der Waals surface area contributed by atoms with Gasteiger partial charge in [0.15, 0.2) is 5.58 Å². The van der Waals surface area contributed by atoms with E-state index in [0.717, 1.165) is 5.56 Å². The molecule has 0 saturated heterocycles. The van der Waals surface area contributed by atoms with Crippen LogP contribution in [-0.2, 0) is 11.8 Å². The Morgan fingerprint density at radius 3 is 2.88 bits per heavy atom. The number of nitrogens with two attached hydrogens (primary N) is 2. The van der Waals surface area contributed by atoms with Gasteiger partial charge >= 0.3 is 5.76 Å². The van der Waals surface area contributed by atoms with Gasteiger partial charge in [-0.3, -0.25) is 9.36 Å². The summed E-state index contributed by atoms with van der Waals surface area (Å²) >= 11 is 0. The number of primary amides is 1. The van der Waals surface area contributed by atoms with Gasteiger partial charge in [-0.2, -0.15) is 0 Å². The number of carbonyl (C=O) groups is 1. The van der Waals surface area contributed by atoms with E-state index in [1.165, 1.54) is 4.57 Å². The largest absolute Gasteiger partial charge is 0.419 e. The number of benzene rings is 1. The number of carbonyl (C=O) groups excluding carboxylic acids is 1. The summed E-state index contributed by atoms with van der Waals surface area (Å²) in [6.45, 7) is 0. The van der Waals surface area contributed by atoms with Crippen molar-refractivity contribution in [3.63, 3.8) is 0 Å². The summed E-state index contributed by atoms with van der Waals surface area (Å²) < 4.78 is 6.37. The van der Waals surface area contributed by atoms with Gasteiger partial charge in [0.2, 0.25) is 5.91 Å². The minimum Gasteiger partial charge on any atom is -0.408 e. The Morgan fingerprint density at radius 1 is 1.53 bits per heavy atom. The first-order valence-electron chi connectivity index (χ1n) is 5.12. The molecule has 1 amide bonds. The van der Waals surface area contributed by atoms with Gasteiger partial charge in [-0.05, 0) is 17.7 Å². The summed E-state index contributed by atoms with van der Waals surface area (Å²) in [7, 11) is 1.61. The molecule has 0 spiro atoms. The molecule has 0 aliphatic heterocycles. The maximum atomic E-state index is 11.3. The molecule has 1 atom stereocenters. The SMILES string of the molecule is Cn1c(=O)oc2ccc(C(N)CC(N)=O)cc21. The van der Waals surface area contributed by atoms with E-state index in [-0.39, 0.29) is 6.42 Å². The molecular formula is C11H13N3O3. The van der Waals surface area contributed by atoms with Gasteiger partial charge in [0.1, 0.15) is 0 Å². The molecular weight excluding hydrogens is 222 g/mol. The molecule has 4 N–H and O–H groups in total. The number of nitrogens with zero attached hydrogens (tertiary/aromatic N) is 1. The van der Waals surface area contributed by atoms with Crippen LogP contribution in [0.25, 0.3) is 11.1 Å². The van der Waals surface area contributed by atoms with Gasteiger partial charge in [0.05, 0.1) is 5.52 Å². The molecule has 0 radical (unpaired) electrons. The normalized spacial score (nSPS) is 12.8. The molecule has 0 aliphatic rings. The number of aromatic nitrogens is 1. The Hall–Kier alpha value is -2.08. The third-order valence-electron chi connectivity index (χ3n) is 2.66.